The van der Waals surface area contributed by atoms with Gasteiger partial charge in [-0.3, -0.25) is 9.59 Å². The molecule has 1 aromatic heterocycles. The third-order valence-electron chi connectivity index (χ3n) is 3.95. The Morgan fingerprint density at radius 1 is 1.35 bits per heavy atom. The average molecular weight is 293 g/mol. The van der Waals surface area contributed by atoms with Gasteiger partial charge in [0.05, 0.1) is 6.54 Å². The van der Waals surface area contributed by atoms with E-state index in [0.29, 0.717) is 11.0 Å². The molecule has 2 fully saturated rings. The number of anilines is 1. The molecule has 1 N–H and O–H groups in total. The number of hydrogen-bond donors (Lipinski definition) is 1. The van der Waals surface area contributed by atoms with Crippen molar-refractivity contribution in [3.05, 3.63) is 11.6 Å². The van der Waals surface area contributed by atoms with Crippen LogP contribution in [0.15, 0.2) is 11.6 Å². The molecular weight excluding hydrogens is 274 g/mol. The number of rotatable bonds is 6. The van der Waals surface area contributed by atoms with E-state index in [1.165, 1.54) is 24.2 Å². The summed E-state index contributed by atoms with van der Waals surface area (Å²) in [5.41, 5.74) is 0. The average Bonchev–Trinajstić information content (AvgIpc) is 3.01. The first-order chi connectivity index (χ1) is 9.72. The van der Waals surface area contributed by atoms with Crippen LogP contribution in [0.2, 0.25) is 0 Å². The Balaban J connectivity index is 1.56. The van der Waals surface area contributed by atoms with Crippen molar-refractivity contribution in [1.29, 1.82) is 0 Å². The topological polar surface area (TPSA) is 62.3 Å². The van der Waals surface area contributed by atoms with Gasteiger partial charge in [0.25, 0.3) is 0 Å². The van der Waals surface area contributed by atoms with Crippen molar-refractivity contribution in [1.82, 2.24) is 9.88 Å². The Labute approximate surface area is 122 Å². The zero-order valence-electron chi connectivity index (χ0n) is 11.4. The van der Waals surface area contributed by atoms with Crippen LogP contribution in [-0.2, 0) is 9.59 Å². The van der Waals surface area contributed by atoms with Crippen LogP contribution in [0.4, 0.5) is 5.13 Å². The van der Waals surface area contributed by atoms with Gasteiger partial charge in [-0.2, -0.15) is 0 Å². The molecule has 0 bridgehead atoms. The maximum atomic E-state index is 12.4. The zero-order chi connectivity index (χ0) is 13.9. The third kappa shape index (κ3) is 3.36. The molecule has 2 saturated carbocycles. The molecule has 1 aromatic rings. The van der Waals surface area contributed by atoms with Crippen LogP contribution in [0.5, 0.6) is 0 Å². The van der Waals surface area contributed by atoms with Crippen molar-refractivity contribution in [2.45, 2.75) is 32.1 Å². The van der Waals surface area contributed by atoms with Crippen molar-refractivity contribution in [3.8, 4) is 0 Å². The Morgan fingerprint density at radius 3 is 2.70 bits per heavy atom. The van der Waals surface area contributed by atoms with Crippen molar-refractivity contribution in [2.24, 2.45) is 11.8 Å². The lowest BCUT2D eigenvalue weighted by molar-refractivity contribution is -0.141. The minimum Gasteiger partial charge on any atom is -0.333 e. The summed E-state index contributed by atoms with van der Waals surface area (Å²) in [5, 5.41) is 5.16. The first kappa shape index (κ1) is 13.5. The normalized spacial score (nSPS) is 18.4. The molecule has 1 heterocycles. The Bertz CT molecular complexity index is 481. The number of aromatic nitrogens is 1. The van der Waals surface area contributed by atoms with Crippen LogP contribution in [-0.4, -0.2) is 34.8 Å². The molecule has 2 aliphatic rings. The highest BCUT2D eigenvalue weighted by Crippen LogP contribution is 2.33. The molecule has 0 aliphatic heterocycles. The fourth-order valence-electron chi connectivity index (χ4n) is 2.38. The maximum Gasteiger partial charge on any atom is 0.245 e. The summed E-state index contributed by atoms with van der Waals surface area (Å²) in [6, 6.07) is 0. The van der Waals surface area contributed by atoms with Crippen LogP contribution in [0.1, 0.15) is 32.1 Å². The van der Waals surface area contributed by atoms with E-state index in [2.05, 4.69) is 10.3 Å². The molecule has 5 nitrogen and oxygen atoms in total. The van der Waals surface area contributed by atoms with Gasteiger partial charge in [0.15, 0.2) is 5.13 Å². The molecule has 6 heteroatoms. The van der Waals surface area contributed by atoms with Crippen molar-refractivity contribution in [3.63, 3.8) is 0 Å². The second-order valence-corrected chi connectivity index (χ2v) is 6.57. The van der Waals surface area contributed by atoms with Gasteiger partial charge in [-0.1, -0.05) is 6.42 Å². The number of carbonyl (C=O) groups excluding carboxylic acids is 2. The summed E-state index contributed by atoms with van der Waals surface area (Å²) in [7, 11) is 0. The third-order valence-corrected chi connectivity index (χ3v) is 4.64. The molecule has 20 heavy (non-hydrogen) atoms. The lowest BCUT2D eigenvalue weighted by Crippen LogP contribution is -2.44. The lowest BCUT2D eigenvalue weighted by Gasteiger charge is -2.31. The van der Waals surface area contributed by atoms with E-state index in [4.69, 9.17) is 0 Å². The summed E-state index contributed by atoms with van der Waals surface area (Å²) < 4.78 is 0. The molecular formula is C14H19N3O2S. The summed E-state index contributed by atoms with van der Waals surface area (Å²) in [6.45, 7) is 0.895. The van der Waals surface area contributed by atoms with E-state index in [0.717, 1.165) is 25.8 Å². The number of hydrogen-bond acceptors (Lipinski definition) is 4. The van der Waals surface area contributed by atoms with Crippen LogP contribution in [0.25, 0.3) is 0 Å². The highest BCUT2D eigenvalue weighted by Gasteiger charge is 2.33. The molecule has 2 amide bonds. The Kier molecular flexibility index (Phi) is 4.00. The molecule has 0 atom stereocenters. The summed E-state index contributed by atoms with van der Waals surface area (Å²) in [6.07, 6.45) is 7.12. The molecule has 3 rings (SSSR count). The van der Waals surface area contributed by atoms with Crippen molar-refractivity contribution < 1.29 is 9.59 Å². The molecule has 0 unspecified atom stereocenters. The van der Waals surface area contributed by atoms with Crippen LogP contribution >= 0.6 is 11.3 Å². The van der Waals surface area contributed by atoms with Gasteiger partial charge in [0, 0.05) is 24.0 Å². The number of nitrogens with one attached hydrogen (secondary N) is 1. The SMILES string of the molecule is O=C(CN(CC1CC1)C(=O)C1CCC1)Nc1nccs1. The van der Waals surface area contributed by atoms with Gasteiger partial charge in [-0.05, 0) is 31.6 Å². The van der Waals surface area contributed by atoms with Gasteiger partial charge >= 0.3 is 0 Å². The van der Waals surface area contributed by atoms with E-state index in [9.17, 15) is 9.59 Å². The minimum atomic E-state index is -0.145. The molecule has 0 radical (unpaired) electrons. The van der Waals surface area contributed by atoms with E-state index in [1.54, 1.807) is 11.1 Å². The number of nitrogens with zero attached hydrogens (tertiary/aromatic N) is 2. The van der Waals surface area contributed by atoms with Crippen LogP contribution in [0, 0.1) is 11.8 Å². The molecule has 108 valence electrons. The largest absolute Gasteiger partial charge is 0.333 e. The maximum absolute atomic E-state index is 12.4. The van der Waals surface area contributed by atoms with E-state index >= 15 is 0 Å². The van der Waals surface area contributed by atoms with E-state index in [-0.39, 0.29) is 24.3 Å². The molecule has 0 aromatic carbocycles. The Morgan fingerprint density at radius 2 is 2.15 bits per heavy atom. The number of amides is 2. The highest BCUT2D eigenvalue weighted by atomic mass is 32.1. The fraction of sp³-hybridized carbons (Fsp3) is 0.643. The summed E-state index contributed by atoms with van der Waals surface area (Å²) in [5.74, 6) is 0.777. The first-order valence-corrected chi connectivity index (χ1v) is 8.08. The second kappa shape index (κ2) is 5.91. The van der Waals surface area contributed by atoms with E-state index in [1.807, 2.05) is 5.38 Å². The predicted octanol–water partition coefficient (Wildman–Crippen LogP) is 2.12. The summed E-state index contributed by atoms with van der Waals surface area (Å²) >= 11 is 1.39. The van der Waals surface area contributed by atoms with Crippen LogP contribution < -0.4 is 5.32 Å². The standard InChI is InChI=1S/C14H19N3O2S/c18-12(16-14-15-6-7-20-14)9-17(8-10-4-5-10)13(19)11-2-1-3-11/h6-7,10-11H,1-5,8-9H2,(H,15,16,18). The van der Waals surface area contributed by atoms with Gasteiger partial charge in [-0.25, -0.2) is 4.98 Å². The quantitative estimate of drug-likeness (QED) is 0.874. The van der Waals surface area contributed by atoms with Crippen molar-refractivity contribution in [2.75, 3.05) is 18.4 Å². The van der Waals surface area contributed by atoms with Gasteiger partial charge in [0.2, 0.25) is 11.8 Å². The molecule has 0 spiro atoms. The first-order valence-electron chi connectivity index (χ1n) is 7.20. The fourth-order valence-corrected chi connectivity index (χ4v) is 2.92. The zero-order valence-corrected chi connectivity index (χ0v) is 12.2. The van der Waals surface area contributed by atoms with Gasteiger partial charge in [-0.15, -0.1) is 11.3 Å². The number of carbonyl (C=O) groups is 2. The van der Waals surface area contributed by atoms with Gasteiger partial charge in [0.1, 0.15) is 0 Å². The molecule has 2 aliphatic carbocycles. The minimum absolute atomic E-state index is 0.145. The monoisotopic (exact) mass is 293 g/mol. The highest BCUT2D eigenvalue weighted by molar-refractivity contribution is 7.13. The van der Waals surface area contributed by atoms with E-state index < -0.39 is 0 Å². The number of thiazole rings is 1. The lowest BCUT2D eigenvalue weighted by atomic mass is 9.84. The summed E-state index contributed by atoms with van der Waals surface area (Å²) in [4.78, 5) is 30.2. The van der Waals surface area contributed by atoms with Crippen LogP contribution in [0.3, 0.4) is 0 Å². The molecule has 0 saturated heterocycles. The Hall–Kier alpha value is -1.43. The van der Waals surface area contributed by atoms with Gasteiger partial charge < -0.3 is 10.2 Å². The van der Waals surface area contributed by atoms with Crippen molar-refractivity contribution >= 4 is 28.3 Å². The predicted molar refractivity (Wildman–Crippen MR) is 77.4 cm³/mol. The second-order valence-electron chi connectivity index (χ2n) is 5.68. The smallest absolute Gasteiger partial charge is 0.245 e.